The molecule has 2 saturated heterocycles. The van der Waals surface area contributed by atoms with Gasteiger partial charge in [-0.15, -0.1) is 0 Å². The summed E-state index contributed by atoms with van der Waals surface area (Å²) in [5.74, 6) is -0.773. The van der Waals surface area contributed by atoms with Gasteiger partial charge in [-0.1, -0.05) is 23.7 Å². The van der Waals surface area contributed by atoms with Crippen molar-refractivity contribution in [2.75, 3.05) is 13.7 Å². The van der Waals surface area contributed by atoms with Crippen LogP contribution in [0.2, 0.25) is 5.02 Å². The Kier molecular flexibility index (Phi) is 5.91. The number of hydrogen-bond acceptors (Lipinski definition) is 6. The van der Waals surface area contributed by atoms with Crippen LogP contribution in [0.3, 0.4) is 0 Å². The van der Waals surface area contributed by atoms with E-state index < -0.39 is 30.3 Å². The Morgan fingerprint density at radius 1 is 1.33 bits per heavy atom. The van der Waals surface area contributed by atoms with Crippen LogP contribution in [0.4, 0.5) is 0 Å². The number of rotatable bonds is 5. The fourth-order valence-electron chi connectivity index (χ4n) is 3.09. The standard InChI is InChI=1S/C20H23ClO6/c1-5-24-18(22)13(9-12-7-6-8-14(21)10-12)11-15-16(23-4)17-19(25-15)27-20(2,3)26-17/h6-11,16-17,19H,5H2,1-4H3/b13-9-,15-11-/t16-,17+,19+/m0/s1. The predicted molar refractivity (Wildman–Crippen MR) is 99.9 cm³/mol. The molecule has 0 spiro atoms. The van der Waals surface area contributed by atoms with Gasteiger partial charge in [0.2, 0.25) is 6.29 Å². The minimum absolute atomic E-state index is 0.259. The van der Waals surface area contributed by atoms with Gasteiger partial charge in [-0.05, 0) is 50.6 Å². The fraction of sp³-hybridized carbons (Fsp3) is 0.450. The Morgan fingerprint density at radius 2 is 2.11 bits per heavy atom. The van der Waals surface area contributed by atoms with E-state index in [4.69, 9.17) is 35.3 Å². The Balaban J connectivity index is 1.92. The molecule has 0 bridgehead atoms. The minimum Gasteiger partial charge on any atom is -0.463 e. The van der Waals surface area contributed by atoms with Crippen molar-refractivity contribution in [3.8, 4) is 0 Å². The molecule has 3 atom stereocenters. The van der Waals surface area contributed by atoms with Crippen LogP contribution >= 0.6 is 11.6 Å². The van der Waals surface area contributed by atoms with E-state index in [0.29, 0.717) is 16.4 Å². The van der Waals surface area contributed by atoms with Gasteiger partial charge in [0.15, 0.2) is 11.9 Å². The summed E-state index contributed by atoms with van der Waals surface area (Å²) in [4.78, 5) is 12.4. The van der Waals surface area contributed by atoms with Crippen LogP contribution < -0.4 is 0 Å². The SMILES string of the molecule is CCOC(=O)C(=C\c1cccc(Cl)c1)/C=C1\O[C@@H]2OC(C)(C)O[C@@H]2[C@H]1OC. The van der Waals surface area contributed by atoms with Gasteiger partial charge < -0.3 is 23.7 Å². The van der Waals surface area contributed by atoms with E-state index in [9.17, 15) is 4.79 Å². The zero-order valence-electron chi connectivity index (χ0n) is 15.7. The summed E-state index contributed by atoms with van der Waals surface area (Å²) in [5, 5.41) is 0.574. The van der Waals surface area contributed by atoms with E-state index in [1.807, 2.05) is 26.0 Å². The third-order valence-electron chi connectivity index (χ3n) is 4.15. The molecule has 0 radical (unpaired) electrons. The smallest absolute Gasteiger partial charge is 0.338 e. The Bertz CT molecular complexity index is 769. The van der Waals surface area contributed by atoms with Crippen LogP contribution in [0.1, 0.15) is 26.3 Å². The summed E-state index contributed by atoms with van der Waals surface area (Å²) in [6.07, 6.45) is 1.79. The highest BCUT2D eigenvalue weighted by Crippen LogP contribution is 2.40. The highest BCUT2D eigenvalue weighted by Gasteiger charge is 2.53. The van der Waals surface area contributed by atoms with E-state index in [1.165, 1.54) is 0 Å². The molecule has 0 saturated carbocycles. The third-order valence-corrected chi connectivity index (χ3v) is 4.39. The van der Waals surface area contributed by atoms with Gasteiger partial charge in [-0.25, -0.2) is 4.79 Å². The van der Waals surface area contributed by atoms with Crippen molar-refractivity contribution in [3.63, 3.8) is 0 Å². The number of ether oxygens (including phenoxy) is 5. The monoisotopic (exact) mass is 394 g/mol. The van der Waals surface area contributed by atoms with Crippen molar-refractivity contribution in [2.45, 2.75) is 45.1 Å². The van der Waals surface area contributed by atoms with Crippen LogP contribution in [0.15, 0.2) is 41.7 Å². The first-order valence-electron chi connectivity index (χ1n) is 8.74. The maximum atomic E-state index is 12.4. The van der Waals surface area contributed by atoms with Crippen molar-refractivity contribution in [3.05, 3.63) is 52.3 Å². The lowest BCUT2D eigenvalue weighted by Crippen LogP contribution is -2.30. The van der Waals surface area contributed by atoms with Gasteiger partial charge in [0, 0.05) is 12.1 Å². The predicted octanol–water partition coefficient (Wildman–Crippen LogP) is 3.69. The highest BCUT2D eigenvalue weighted by atomic mass is 35.5. The van der Waals surface area contributed by atoms with Crippen LogP contribution in [0.25, 0.3) is 6.08 Å². The average molecular weight is 395 g/mol. The second-order valence-corrected chi connectivity index (χ2v) is 7.10. The Hall–Kier alpha value is -1.86. The van der Waals surface area contributed by atoms with Gasteiger partial charge in [0.1, 0.15) is 11.9 Å². The fourth-order valence-corrected chi connectivity index (χ4v) is 3.28. The first kappa shape index (κ1) is 19.9. The molecule has 2 heterocycles. The Labute approximate surface area is 163 Å². The molecule has 1 aromatic carbocycles. The number of carbonyl (C=O) groups excluding carboxylic acids is 1. The van der Waals surface area contributed by atoms with Crippen LogP contribution in [-0.2, 0) is 28.5 Å². The zero-order valence-corrected chi connectivity index (χ0v) is 16.5. The summed E-state index contributed by atoms with van der Waals surface area (Å²) in [6, 6.07) is 7.17. The van der Waals surface area contributed by atoms with Crippen molar-refractivity contribution < 1.29 is 28.5 Å². The second-order valence-electron chi connectivity index (χ2n) is 6.66. The maximum Gasteiger partial charge on any atom is 0.338 e. The molecule has 0 aliphatic carbocycles. The normalized spacial score (nSPS) is 28.1. The molecule has 3 rings (SSSR count). The van der Waals surface area contributed by atoms with Crippen LogP contribution in [-0.4, -0.2) is 44.0 Å². The van der Waals surface area contributed by atoms with Gasteiger partial charge in [-0.3, -0.25) is 0 Å². The molecule has 2 fully saturated rings. The minimum atomic E-state index is -0.752. The number of benzene rings is 1. The number of halogens is 1. The molecular weight excluding hydrogens is 372 g/mol. The summed E-state index contributed by atoms with van der Waals surface area (Å²) in [6.45, 7) is 5.64. The zero-order chi connectivity index (χ0) is 19.6. The molecule has 146 valence electrons. The van der Waals surface area contributed by atoms with E-state index in [1.54, 1.807) is 38.3 Å². The summed E-state index contributed by atoms with van der Waals surface area (Å²) in [7, 11) is 1.56. The highest BCUT2D eigenvalue weighted by molar-refractivity contribution is 6.30. The quantitative estimate of drug-likeness (QED) is 0.560. The van der Waals surface area contributed by atoms with E-state index in [0.717, 1.165) is 5.56 Å². The molecule has 6 nitrogen and oxygen atoms in total. The number of carbonyl (C=O) groups is 1. The first-order valence-corrected chi connectivity index (χ1v) is 9.12. The summed E-state index contributed by atoms with van der Waals surface area (Å²) in [5.41, 5.74) is 1.08. The summed E-state index contributed by atoms with van der Waals surface area (Å²) >= 11 is 6.04. The molecule has 7 heteroatoms. The first-order chi connectivity index (χ1) is 12.8. The van der Waals surface area contributed by atoms with Crippen molar-refractivity contribution in [2.24, 2.45) is 0 Å². The molecule has 2 aliphatic heterocycles. The van der Waals surface area contributed by atoms with Crippen molar-refractivity contribution >= 4 is 23.6 Å². The van der Waals surface area contributed by atoms with Gasteiger partial charge in [0.05, 0.1) is 12.2 Å². The maximum absolute atomic E-state index is 12.4. The van der Waals surface area contributed by atoms with Crippen molar-refractivity contribution in [1.82, 2.24) is 0 Å². The topological polar surface area (TPSA) is 63.2 Å². The molecule has 0 unspecified atom stereocenters. The molecule has 27 heavy (non-hydrogen) atoms. The molecule has 0 aromatic heterocycles. The molecular formula is C20H23ClO6. The molecule has 1 aromatic rings. The van der Waals surface area contributed by atoms with Crippen LogP contribution in [0.5, 0.6) is 0 Å². The number of esters is 1. The van der Waals surface area contributed by atoms with E-state index in [2.05, 4.69) is 0 Å². The number of methoxy groups -OCH3 is 1. The largest absolute Gasteiger partial charge is 0.463 e. The average Bonchev–Trinajstić information content (AvgIpc) is 3.05. The molecule has 0 amide bonds. The number of fused-ring (bicyclic) bond motifs is 1. The van der Waals surface area contributed by atoms with E-state index >= 15 is 0 Å². The molecule has 0 N–H and O–H groups in total. The van der Waals surface area contributed by atoms with Crippen LogP contribution in [0, 0.1) is 0 Å². The summed E-state index contributed by atoms with van der Waals surface area (Å²) < 4.78 is 28.2. The van der Waals surface area contributed by atoms with Gasteiger partial charge in [0.25, 0.3) is 0 Å². The second kappa shape index (κ2) is 8.02. The lowest BCUT2D eigenvalue weighted by Gasteiger charge is -2.21. The van der Waals surface area contributed by atoms with E-state index in [-0.39, 0.29) is 6.61 Å². The molecule has 2 aliphatic rings. The van der Waals surface area contributed by atoms with Gasteiger partial charge in [-0.2, -0.15) is 0 Å². The number of hydrogen-bond donors (Lipinski definition) is 0. The third kappa shape index (κ3) is 4.52. The lowest BCUT2D eigenvalue weighted by atomic mass is 10.1. The Morgan fingerprint density at radius 3 is 2.78 bits per heavy atom. The lowest BCUT2D eigenvalue weighted by molar-refractivity contribution is -0.190. The van der Waals surface area contributed by atoms with Crippen molar-refractivity contribution in [1.29, 1.82) is 0 Å². The van der Waals surface area contributed by atoms with Gasteiger partial charge >= 0.3 is 5.97 Å².